The molecule has 4 nitrogen and oxygen atoms in total. The molecule has 86 valence electrons. The molecule has 0 aliphatic carbocycles. The largest absolute Gasteiger partial charge is 0.462 e. The van der Waals surface area contributed by atoms with Crippen LogP contribution in [0.3, 0.4) is 0 Å². The smallest absolute Gasteiger partial charge is 0.310 e. The Morgan fingerprint density at radius 1 is 1.33 bits per heavy atom. The zero-order valence-electron chi connectivity index (χ0n) is 9.20. The van der Waals surface area contributed by atoms with Gasteiger partial charge in [0.05, 0.1) is 19.1 Å². The summed E-state index contributed by atoms with van der Waals surface area (Å²) in [7, 11) is 0. The number of hydrogen-bond acceptors (Lipinski definition) is 4. The lowest BCUT2D eigenvalue weighted by atomic mass is 9.98. The third-order valence-corrected chi connectivity index (χ3v) is 3.27. The van der Waals surface area contributed by atoms with Gasteiger partial charge in [-0.3, -0.25) is 4.79 Å². The van der Waals surface area contributed by atoms with E-state index in [0.29, 0.717) is 5.92 Å². The Kier molecular flexibility index (Phi) is 3.59. The highest BCUT2D eigenvalue weighted by Gasteiger charge is 2.32. The van der Waals surface area contributed by atoms with Crippen molar-refractivity contribution in [2.24, 2.45) is 11.8 Å². The van der Waals surface area contributed by atoms with Crippen LogP contribution in [0.2, 0.25) is 0 Å². The normalized spacial score (nSPS) is 32.9. The summed E-state index contributed by atoms with van der Waals surface area (Å²) in [5, 5.41) is 3.21. The monoisotopic (exact) mass is 213 g/mol. The maximum Gasteiger partial charge on any atom is 0.310 e. The molecule has 15 heavy (non-hydrogen) atoms. The van der Waals surface area contributed by atoms with Crippen LogP contribution in [0, 0.1) is 11.8 Å². The number of nitrogens with one attached hydrogen (secondary N) is 1. The Hall–Kier alpha value is -0.610. The Labute approximate surface area is 90.3 Å². The summed E-state index contributed by atoms with van der Waals surface area (Å²) in [6, 6.07) is 0. The first kappa shape index (κ1) is 10.9. The van der Waals surface area contributed by atoms with Crippen molar-refractivity contribution in [2.45, 2.75) is 25.9 Å². The Morgan fingerprint density at radius 2 is 2.07 bits per heavy atom. The van der Waals surface area contributed by atoms with Crippen LogP contribution in [-0.2, 0) is 14.3 Å². The molecule has 0 bridgehead atoms. The molecule has 2 aliphatic rings. The molecule has 0 amide bonds. The molecule has 2 rings (SSSR count). The quantitative estimate of drug-likeness (QED) is 0.681. The van der Waals surface area contributed by atoms with Gasteiger partial charge >= 0.3 is 5.97 Å². The molecule has 2 saturated heterocycles. The van der Waals surface area contributed by atoms with Crippen molar-refractivity contribution in [3.8, 4) is 0 Å². The van der Waals surface area contributed by atoms with Gasteiger partial charge in [0.15, 0.2) is 0 Å². The minimum atomic E-state index is -0.0283. The van der Waals surface area contributed by atoms with Crippen molar-refractivity contribution in [2.75, 3.05) is 26.3 Å². The van der Waals surface area contributed by atoms with E-state index in [9.17, 15) is 4.79 Å². The maximum atomic E-state index is 11.8. The van der Waals surface area contributed by atoms with Gasteiger partial charge in [-0.2, -0.15) is 0 Å². The van der Waals surface area contributed by atoms with E-state index in [0.717, 1.165) is 39.1 Å². The molecule has 0 saturated carbocycles. The number of rotatable bonds is 2. The lowest BCUT2D eigenvalue weighted by Gasteiger charge is -2.24. The first-order valence-corrected chi connectivity index (χ1v) is 5.76. The van der Waals surface area contributed by atoms with Crippen LogP contribution in [0.15, 0.2) is 0 Å². The summed E-state index contributed by atoms with van der Waals surface area (Å²) in [6.45, 7) is 5.22. The summed E-state index contributed by atoms with van der Waals surface area (Å²) < 4.78 is 10.7. The second-order valence-corrected chi connectivity index (χ2v) is 4.49. The molecule has 0 aromatic rings. The molecule has 2 fully saturated rings. The number of ether oxygens (including phenoxy) is 2. The first-order valence-electron chi connectivity index (χ1n) is 5.76. The van der Waals surface area contributed by atoms with E-state index in [-0.39, 0.29) is 18.0 Å². The summed E-state index contributed by atoms with van der Waals surface area (Å²) >= 11 is 0. The third-order valence-electron chi connectivity index (χ3n) is 3.27. The molecule has 2 unspecified atom stereocenters. The summed E-state index contributed by atoms with van der Waals surface area (Å²) in [5.41, 5.74) is 0. The van der Waals surface area contributed by atoms with Crippen LogP contribution < -0.4 is 5.32 Å². The first-order chi connectivity index (χ1) is 7.27. The number of hydrogen-bond donors (Lipinski definition) is 1. The molecule has 0 aromatic heterocycles. The Bertz CT molecular complexity index is 226. The molecule has 4 heteroatoms. The highest BCUT2D eigenvalue weighted by Crippen LogP contribution is 2.20. The zero-order chi connectivity index (χ0) is 10.7. The average molecular weight is 213 g/mol. The van der Waals surface area contributed by atoms with Crippen LogP contribution in [0.1, 0.15) is 19.8 Å². The van der Waals surface area contributed by atoms with E-state index in [1.54, 1.807) is 0 Å². The fourth-order valence-corrected chi connectivity index (χ4v) is 2.17. The van der Waals surface area contributed by atoms with Crippen molar-refractivity contribution in [1.29, 1.82) is 0 Å². The molecule has 0 aromatic carbocycles. The van der Waals surface area contributed by atoms with Gasteiger partial charge in [0.1, 0.15) is 6.10 Å². The van der Waals surface area contributed by atoms with Gasteiger partial charge in [0.25, 0.3) is 0 Å². The molecule has 2 atom stereocenters. The third kappa shape index (κ3) is 2.69. The van der Waals surface area contributed by atoms with E-state index >= 15 is 0 Å². The van der Waals surface area contributed by atoms with E-state index in [2.05, 4.69) is 12.2 Å². The van der Waals surface area contributed by atoms with Gasteiger partial charge in [0, 0.05) is 19.4 Å². The topological polar surface area (TPSA) is 47.6 Å². The van der Waals surface area contributed by atoms with E-state index in [1.165, 1.54) is 0 Å². The number of carbonyl (C=O) groups is 1. The molecule has 2 aliphatic heterocycles. The highest BCUT2D eigenvalue weighted by atomic mass is 16.6. The fraction of sp³-hybridized carbons (Fsp3) is 0.909. The maximum absolute atomic E-state index is 11.8. The standard InChI is InChI=1S/C11H19NO3/c1-8-6-12-7-10(8)11(13)15-9-2-4-14-5-3-9/h8-10,12H,2-7H2,1H3. The van der Waals surface area contributed by atoms with Crippen molar-refractivity contribution >= 4 is 5.97 Å². The van der Waals surface area contributed by atoms with Crippen LogP contribution in [0.4, 0.5) is 0 Å². The van der Waals surface area contributed by atoms with Gasteiger partial charge < -0.3 is 14.8 Å². The Balaban J connectivity index is 1.80. The average Bonchev–Trinajstić information content (AvgIpc) is 2.66. The van der Waals surface area contributed by atoms with Crippen molar-refractivity contribution in [3.63, 3.8) is 0 Å². The zero-order valence-corrected chi connectivity index (χ0v) is 9.20. The lowest BCUT2D eigenvalue weighted by Crippen LogP contribution is -2.31. The van der Waals surface area contributed by atoms with E-state index < -0.39 is 0 Å². The van der Waals surface area contributed by atoms with Gasteiger partial charge in [-0.25, -0.2) is 0 Å². The minimum Gasteiger partial charge on any atom is -0.462 e. The van der Waals surface area contributed by atoms with Crippen LogP contribution >= 0.6 is 0 Å². The van der Waals surface area contributed by atoms with Gasteiger partial charge in [-0.05, 0) is 12.5 Å². The van der Waals surface area contributed by atoms with E-state index in [1.807, 2.05) is 0 Å². The molecule has 1 N–H and O–H groups in total. The lowest BCUT2D eigenvalue weighted by molar-refractivity contribution is -0.158. The molecular formula is C11H19NO3. The minimum absolute atomic E-state index is 0.0283. The van der Waals surface area contributed by atoms with Crippen molar-refractivity contribution in [3.05, 3.63) is 0 Å². The van der Waals surface area contributed by atoms with Crippen LogP contribution in [0.25, 0.3) is 0 Å². The number of carbonyl (C=O) groups excluding carboxylic acids is 1. The second kappa shape index (κ2) is 4.94. The van der Waals surface area contributed by atoms with Gasteiger partial charge in [0.2, 0.25) is 0 Å². The highest BCUT2D eigenvalue weighted by molar-refractivity contribution is 5.73. The van der Waals surface area contributed by atoms with E-state index in [4.69, 9.17) is 9.47 Å². The van der Waals surface area contributed by atoms with Crippen molar-refractivity contribution in [1.82, 2.24) is 5.32 Å². The molecule has 2 heterocycles. The second-order valence-electron chi connectivity index (χ2n) is 4.49. The van der Waals surface area contributed by atoms with Crippen LogP contribution in [0.5, 0.6) is 0 Å². The predicted octanol–water partition coefficient (Wildman–Crippen LogP) is 0.564. The summed E-state index contributed by atoms with van der Waals surface area (Å²) in [4.78, 5) is 11.8. The SMILES string of the molecule is CC1CNCC1C(=O)OC1CCOCC1. The summed E-state index contributed by atoms with van der Waals surface area (Å²) in [5.74, 6) is 0.421. The molecule has 0 radical (unpaired) electrons. The fourth-order valence-electron chi connectivity index (χ4n) is 2.17. The number of esters is 1. The Morgan fingerprint density at radius 3 is 2.67 bits per heavy atom. The van der Waals surface area contributed by atoms with Crippen LogP contribution in [-0.4, -0.2) is 38.4 Å². The summed E-state index contributed by atoms with van der Waals surface area (Å²) in [6.07, 6.45) is 1.78. The van der Waals surface area contributed by atoms with Gasteiger partial charge in [-0.1, -0.05) is 6.92 Å². The molecule has 0 spiro atoms. The van der Waals surface area contributed by atoms with Crippen molar-refractivity contribution < 1.29 is 14.3 Å². The van der Waals surface area contributed by atoms with Gasteiger partial charge in [-0.15, -0.1) is 0 Å². The molecular weight excluding hydrogens is 194 g/mol. The predicted molar refractivity (Wildman–Crippen MR) is 55.5 cm³/mol.